The van der Waals surface area contributed by atoms with Crippen molar-refractivity contribution in [2.75, 3.05) is 13.7 Å². The van der Waals surface area contributed by atoms with Gasteiger partial charge < -0.3 is 4.90 Å². The van der Waals surface area contributed by atoms with Crippen LogP contribution in [0.4, 0.5) is 0 Å². The van der Waals surface area contributed by atoms with Crippen LogP contribution in [0.15, 0.2) is 53.6 Å². The first kappa shape index (κ1) is 16.6. The number of pyridine rings is 1. The molecule has 5 heteroatoms. The quantitative estimate of drug-likeness (QED) is 0.781. The van der Waals surface area contributed by atoms with Crippen molar-refractivity contribution in [2.24, 2.45) is 11.0 Å². The molecule has 1 aromatic carbocycles. The lowest BCUT2D eigenvalue weighted by Crippen LogP contribution is -2.28. The highest BCUT2D eigenvalue weighted by molar-refractivity contribution is 5.84. The normalized spacial score (nSPS) is 16.3. The van der Waals surface area contributed by atoms with Gasteiger partial charge in [-0.05, 0) is 36.5 Å². The van der Waals surface area contributed by atoms with Gasteiger partial charge in [-0.15, -0.1) is 5.10 Å². The molecule has 0 radical (unpaired) electrons. The van der Waals surface area contributed by atoms with Gasteiger partial charge in [0.1, 0.15) is 24.8 Å². The largest absolute Gasteiger partial charge is 0.340 e. The monoisotopic (exact) mass is 346 g/mol. The molecule has 0 atom stereocenters. The first-order valence-electron chi connectivity index (χ1n) is 8.97. The molecule has 1 aromatic heterocycles. The van der Waals surface area contributed by atoms with Crippen molar-refractivity contribution in [3.05, 3.63) is 65.5 Å². The summed E-state index contributed by atoms with van der Waals surface area (Å²) < 4.78 is 0. The van der Waals surface area contributed by atoms with Crippen molar-refractivity contribution in [1.82, 2.24) is 15.1 Å². The Labute approximate surface area is 154 Å². The standard InChI is InChI=1S/C21H22N4O/c1-24-16-25(23-21(24)14-18-6-3-2-4-7-18)26-15-20-9-5-8-19(22-20)13-12-17-10-11-17/h2-9,17H,10-11,14-16H2,1H3. The first-order valence-corrected chi connectivity index (χ1v) is 8.97. The number of hydrogen-bond acceptors (Lipinski definition) is 5. The molecule has 4 rings (SSSR count). The molecule has 0 amide bonds. The van der Waals surface area contributed by atoms with Crippen LogP contribution in [0.1, 0.15) is 29.8 Å². The molecule has 0 saturated heterocycles. The van der Waals surface area contributed by atoms with Crippen LogP contribution in [0, 0.1) is 17.8 Å². The Morgan fingerprint density at radius 2 is 1.96 bits per heavy atom. The first-order chi connectivity index (χ1) is 12.8. The molecular formula is C21H22N4O. The molecule has 132 valence electrons. The third-order valence-electron chi connectivity index (χ3n) is 4.36. The van der Waals surface area contributed by atoms with Crippen LogP contribution in [-0.2, 0) is 17.9 Å². The number of likely N-dealkylation sites (N-methyl/N-ethyl adjacent to an activating group) is 1. The number of hydroxylamine groups is 1. The molecule has 26 heavy (non-hydrogen) atoms. The van der Waals surface area contributed by atoms with E-state index in [0.717, 1.165) is 23.6 Å². The summed E-state index contributed by atoms with van der Waals surface area (Å²) in [5.74, 6) is 7.96. The summed E-state index contributed by atoms with van der Waals surface area (Å²) in [4.78, 5) is 12.5. The van der Waals surface area contributed by atoms with Gasteiger partial charge in [-0.3, -0.25) is 0 Å². The maximum absolute atomic E-state index is 5.81. The predicted molar refractivity (Wildman–Crippen MR) is 101 cm³/mol. The molecule has 0 spiro atoms. The Balaban J connectivity index is 1.34. The van der Waals surface area contributed by atoms with E-state index < -0.39 is 0 Å². The van der Waals surface area contributed by atoms with E-state index in [0.29, 0.717) is 19.2 Å². The molecule has 1 aliphatic carbocycles. The lowest BCUT2D eigenvalue weighted by Gasteiger charge is -2.15. The molecule has 0 unspecified atom stereocenters. The zero-order valence-electron chi connectivity index (χ0n) is 14.9. The third kappa shape index (κ3) is 4.41. The predicted octanol–water partition coefficient (Wildman–Crippen LogP) is 3.04. The molecule has 2 aliphatic rings. The Kier molecular flexibility index (Phi) is 4.85. The molecule has 0 bridgehead atoms. The number of rotatable bonds is 5. The second-order valence-corrected chi connectivity index (χ2v) is 6.70. The van der Waals surface area contributed by atoms with E-state index in [1.54, 1.807) is 5.17 Å². The fourth-order valence-corrected chi connectivity index (χ4v) is 2.69. The fraction of sp³-hybridized carbons (Fsp3) is 0.333. The summed E-state index contributed by atoms with van der Waals surface area (Å²) in [6, 6.07) is 16.2. The van der Waals surface area contributed by atoms with Gasteiger partial charge in [0, 0.05) is 19.4 Å². The average molecular weight is 346 g/mol. The van der Waals surface area contributed by atoms with E-state index in [4.69, 9.17) is 4.84 Å². The summed E-state index contributed by atoms with van der Waals surface area (Å²) in [5.41, 5.74) is 2.91. The number of amidine groups is 1. The summed E-state index contributed by atoms with van der Waals surface area (Å²) in [7, 11) is 2.03. The lowest BCUT2D eigenvalue weighted by molar-refractivity contribution is -0.174. The summed E-state index contributed by atoms with van der Waals surface area (Å²) >= 11 is 0. The van der Waals surface area contributed by atoms with Crippen molar-refractivity contribution in [2.45, 2.75) is 25.9 Å². The molecule has 5 nitrogen and oxygen atoms in total. The van der Waals surface area contributed by atoms with Crippen molar-refractivity contribution < 1.29 is 4.84 Å². The number of aromatic nitrogens is 1. The molecule has 2 aromatic rings. The van der Waals surface area contributed by atoms with Gasteiger partial charge in [0.2, 0.25) is 0 Å². The van der Waals surface area contributed by atoms with Crippen LogP contribution in [0.2, 0.25) is 0 Å². The van der Waals surface area contributed by atoms with Gasteiger partial charge in [0.05, 0.1) is 5.69 Å². The van der Waals surface area contributed by atoms with Crippen molar-refractivity contribution in [3.8, 4) is 11.8 Å². The lowest BCUT2D eigenvalue weighted by atomic mass is 10.1. The highest BCUT2D eigenvalue weighted by Gasteiger charge is 2.20. The van der Waals surface area contributed by atoms with Gasteiger partial charge in [-0.25, -0.2) is 9.82 Å². The van der Waals surface area contributed by atoms with E-state index in [1.165, 1.54) is 18.4 Å². The minimum atomic E-state index is 0.384. The van der Waals surface area contributed by atoms with E-state index >= 15 is 0 Å². The van der Waals surface area contributed by atoms with Gasteiger partial charge in [0.15, 0.2) is 0 Å². The molecule has 0 N–H and O–H groups in total. The van der Waals surface area contributed by atoms with Crippen LogP contribution in [0.3, 0.4) is 0 Å². The highest BCUT2D eigenvalue weighted by Crippen LogP contribution is 2.27. The number of hydrogen-bond donors (Lipinski definition) is 0. The summed E-state index contributed by atoms with van der Waals surface area (Å²) in [6.45, 7) is 0.998. The topological polar surface area (TPSA) is 41.0 Å². The number of nitrogens with zero attached hydrogens (tertiary/aromatic N) is 4. The summed E-state index contributed by atoms with van der Waals surface area (Å²) in [5, 5.41) is 6.20. The Morgan fingerprint density at radius 3 is 2.77 bits per heavy atom. The van der Waals surface area contributed by atoms with Gasteiger partial charge in [0.25, 0.3) is 0 Å². The van der Waals surface area contributed by atoms with Crippen LogP contribution in [0.5, 0.6) is 0 Å². The van der Waals surface area contributed by atoms with E-state index in [9.17, 15) is 0 Å². The van der Waals surface area contributed by atoms with Crippen molar-refractivity contribution in [1.29, 1.82) is 0 Å². The minimum Gasteiger partial charge on any atom is -0.340 e. The van der Waals surface area contributed by atoms with E-state index in [1.807, 2.05) is 43.4 Å². The van der Waals surface area contributed by atoms with E-state index in [-0.39, 0.29) is 0 Å². The zero-order valence-corrected chi connectivity index (χ0v) is 14.9. The number of hydrazone groups is 1. The van der Waals surface area contributed by atoms with Crippen LogP contribution >= 0.6 is 0 Å². The van der Waals surface area contributed by atoms with E-state index in [2.05, 4.69) is 39.0 Å². The Morgan fingerprint density at radius 1 is 1.12 bits per heavy atom. The Hall–Kier alpha value is -2.84. The third-order valence-corrected chi connectivity index (χ3v) is 4.36. The van der Waals surface area contributed by atoms with Crippen molar-refractivity contribution in [3.63, 3.8) is 0 Å². The molecule has 1 aliphatic heterocycles. The molecule has 1 fully saturated rings. The second kappa shape index (κ2) is 7.59. The minimum absolute atomic E-state index is 0.384. The maximum atomic E-state index is 5.81. The average Bonchev–Trinajstić information content (AvgIpc) is 3.43. The smallest absolute Gasteiger partial charge is 0.137 e. The second-order valence-electron chi connectivity index (χ2n) is 6.70. The number of benzene rings is 1. The molecular weight excluding hydrogens is 324 g/mol. The van der Waals surface area contributed by atoms with Crippen LogP contribution in [0.25, 0.3) is 0 Å². The molecule has 1 saturated carbocycles. The Bertz CT molecular complexity index is 849. The SMILES string of the molecule is CN1CN(OCc2cccc(C#CC3CC3)n2)N=C1Cc1ccccc1. The highest BCUT2D eigenvalue weighted by atomic mass is 16.7. The van der Waals surface area contributed by atoms with Gasteiger partial charge in [-0.1, -0.05) is 42.3 Å². The molecule has 2 heterocycles. The fourth-order valence-electron chi connectivity index (χ4n) is 2.69. The summed E-state index contributed by atoms with van der Waals surface area (Å²) in [6.07, 6.45) is 3.24. The van der Waals surface area contributed by atoms with Crippen molar-refractivity contribution >= 4 is 5.84 Å². The zero-order chi connectivity index (χ0) is 17.8. The van der Waals surface area contributed by atoms with Gasteiger partial charge in [-0.2, -0.15) is 5.17 Å². The maximum Gasteiger partial charge on any atom is 0.137 e. The van der Waals surface area contributed by atoms with Crippen LogP contribution < -0.4 is 0 Å². The van der Waals surface area contributed by atoms with Gasteiger partial charge >= 0.3 is 0 Å². The van der Waals surface area contributed by atoms with Crippen LogP contribution in [-0.4, -0.2) is 34.6 Å².